The van der Waals surface area contributed by atoms with Crippen LogP contribution in [0.25, 0.3) is 11.2 Å². The van der Waals surface area contributed by atoms with Crippen molar-refractivity contribution in [2.45, 2.75) is 19.9 Å². The molecule has 2 heterocycles. The van der Waals surface area contributed by atoms with E-state index in [0.29, 0.717) is 23.7 Å². The molecule has 7 heteroatoms. The Kier molecular flexibility index (Phi) is 3.71. The largest absolute Gasteiger partial charge is 0.374 e. The Morgan fingerprint density at radius 1 is 1.50 bits per heavy atom. The average molecular weight is 256 g/mol. The zero-order chi connectivity index (χ0) is 13.1. The number of rotatable bonds is 5. The number of nitrogen functional groups attached to an aromatic ring is 1. The van der Waals surface area contributed by atoms with Crippen LogP contribution in [0.15, 0.2) is 12.3 Å². The van der Waals surface area contributed by atoms with Gasteiger partial charge in [0.2, 0.25) is 5.95 Å². The summed E-state index contributed by atoms with van der Waals surface area (Å²) in [6, 6.07) is 1.87. The molecule has 0 radical (unpaired) electrons. The highest BCUT2D eigenvalue weighted by atomic mass is 19.3. The zero-order valence-electron chi connectivity index (χ0n) is 9.94. The smallest absolute Gasteiger partial charge is 0.261 e. The Labute approximate surface area is 103 Å². The Morgan fingerprint density at radius 2 is 2.28 bits per heavy atom. The van der Waals surface area contributed by atoms with Crippen LogP contribution in [0.2, 0.25) is 0 Å². The number of nitrogens with two attached hydrogens (primary N) is 1. The minimum Gasteiger partial charge on any atom is -0.374 e. The summed E-state index contributed by atoms with van der Waals surface area (Å²) >= 11 is 0. The lowest BCUT2D eigenvalue weighted by atomic mass is 10.3. The summed E-state index contributed by atoms with van der Waals surface area (Å²) in [5.74, 6) is 0.309. The molecule has 0 saturated carbocycles. The third kappa shape index (κ3) is 2.73. The lowest BCUT2D eigenvalue weighted by molar-refractivity contribution is 0.0151. The van der Waals surface area contributed by atoms with Gasteiger partial charge in [0, 0.05) is 6.20 Å². The summed E-state index contributed by atoms with van der Waals surface area (Å²) in [6.07, 6.45) is -0.748. The molecule has 5 nitrogen and oxygen atoms in total. The van der Waals surface area contributed by atoms with Crippen molar-refractivity contribution in [3.05, 3.63) is 17.8 Å². The zero-order valence-corrected chi connectivity index (χ0v) is 9.94. The standard InChI is InChI=1S/C11H14F2N4O/c1-7-4-8-10(15-5-7)17(11(14)16-8)2-3-18-6-9(12)13/h4-5,9H,2-3,6H2,1H3,(H2,14,16). The first-order valence-electron chi connectivity index (χ1n) is 5.52. The second kappa shape index (κ2) is 5.26. The van der Waals surface area contributed by atoms with E-state index in [1.54, 1.807) is 10.8 Å². The van der Waals surface area contributed by atoms with Gasteiger partial charge in [0.05, 0.1) is 13.2 Å². The van der Waals surface area contributed by atoms with E-state index in [9.17, 15) is 8.78 Å². The van der Waals surface area contributed by atoms with Gasteiger partial charge in [-0.25, -0.2) is 18.7 Å². The predicted octanol–water partition coefficient (Wildman–Crippen LogP) is 1.60. The SMILES string of the molecule is Cc1cnc2c(c1)nc(N)n2CCOCC(F)F. The number of imidazole rings is 1. The monoisotopic (exact) mass is 256 g/mol. The summed E-state index contributed by atoms with van der Waals surface area (Å²) in [7, 11) is 0. The molecular weight excluding hydrogens is 242 g/mol. The van der Waals surface area contributed by atoms with Gasteiger partial charge in [0.1, 0.15) is 12.1 Å². The first-order valence-corrected chi connectivity index (χ1v) is 5.52. The van der Waals surface area contributed by atoms with E-state index in [0.717, 1.165) is 5.56 Å². The third-order valence-electron chi connectivity index (χ3n) is 2.45. The molecule has 0 aliphatic carbocycles. The van der Waals surface area contributed by atoms with Crippen LogP contribution in [0.4, 0.5) is 14.7 Å². The van der Waals surface area contributed by atoms with Crippen molar-refractivity contribution in [3.8, 4) is 0 Å². The van der Waals surface area contributed by atoms with Crippen molar-refractivity contribution in [2.75, 3.05) is 18.9 Å². The minimum absolute atomic E-state index is 0.148. The maximum absolute atomic E-state index is 11.9. The van der Waals surface area contributed by atoms with Crippen LogP contribution in [-0.2, 0) is 11.3 Å². The van der Waals surface area contributed by atoms with E-state index in [4.69, 9.17) is 10.5 Å². The van der Waals surface area contributed by atoms with E-state index in [-0.39, 0.29) is 6.61 Å². The highest BCUT2D eigenvalue weighted by molar-refractivity contribution is 5.74. The molecule has 98 valence electrons. The molecule has 0 aliphatic rings. The quantitative estimate of drug-likeness (QED) is 0.825. The van der Waals surface area contributed by atoms with Crippen molar-refractivity contribution in [3.63, 3.8) is 0 Å². The number of ether oxygens (including phenoxy) is 1. The molecule has 18 heavy (non-hydrogen) atoms. The second-order valence-corrected chi connectivity index (χ2v) is 3.94. The molecule has 0 saturated heterocycles. The molecule has 0 atom stereocenters. The van der Waals surface area contributed by atoms with Gasteiger partial charge in [-0.3, -0.25) is 4.57 Å². The van der Waals surface area contributed by atoms with Gasteiger partial charge >= 0.3 is 0 Å². The van der Waals surface area contributed by atoms with Crippen LogP contribution in [0, 0.1) is 6.92 Å². The number of anilines is 1. The van der Waals surface area contributed by atoms with Crippen LogP contribution < -0.4 is 5.73 Å². The van der Waals surface area contributed by atoms with Crippen molar-refractivity contribution in [2.24, 2.45) is 0 Å². The molecule has 0 amide bonds. The predicted molar refractivity (Wildman–Crippen MR) is 63.5 cm³/mol. The van der Waals surface area contributed by atoms with Crippen molar-refractivity contribution >= 4 is 17.1 Å². The van der Waals surface area contributed by atoms with Gasteiger partial charge in [-0.05, 0) is 18.6 Å². The molecule has 0 fully saturated rings. The molecule has 0 aromatic carbocycles. The number of aryl methyl sites for hydroxylation is 1. The molecule has 2 N–H and O–H groups in total. The molecule has 2 rings (SSSR count). The maximum atomic E-state index is 11.9. The molecule has 2 aromatic heterocycles. The Balaban J connectivity index is 2.10. The van der Waals surface area contributed by atoms with Crippen LogP contribution in [0.1, 0.15) is 5.56 Å². The summed E-state index contributed by atoms with van der Waals surface area (Å²) < 4.78 is 30.3. The number of fused-ring (bicyclic) bond motifs is 1. The number of halogens is 2. The number of hydrogen-bond acceptors (Lipinski definition) is 4. The van der Waals surface area contributed by atoms with Gasteiger partial charge in [-0.1, -0.05) is 0 Å². The highest BCUT2D eigenvalue weighted by Crippen LogP contribution is 2.16. The summed E-state index contributed by atoms with van der Waals surface area (Å²) in [5.41, 5.74) is 8.07. The molecule has 0 aliphatic heterocycles. The second-order valence-electron chi connectivity index (χ2n) is 3.94. The minimum atomic E-state index is -2.46. The number of pyridine rings is 1. The van der Waals surface area contributed by atoms with Crippen LogP contribution in [-0.4, -0.2) is 34.2 Å². The number of hydrogen-bond donors (Lipinski definition) is 1. The number of nitrogens with zero attached hydrogens (tertiary/aromatic N) is 3. The fourth-order valence-electron chi connectivity index (χ4n) is 1.68. The Hall–Kier alpha value is -1.76. The third-order valence-corrected chi connectivity index (χ3v) is 2.45. The first-order chi connectivity index (χ1) is 8.58. The summed E-state index contributed by atoms with van der Waals surface area (Å²) in [5, 5.41) is 0. The van der Waals surface area contributed by atoms with E-state index in [2.05, 4.69) is 9.97 Å². The van der Waals surface area contributed by atoms with Crippen LogP contribution in [0.5, 0.6) is 0 Å². The molecular formula is C11H14F2N4O. The van der Waals surface area contributed by atoms with Crippen LogP contribution >= 0.6 is 0 Å². The average Bonchev–Trinajstić information content (AvgIpc) is 2.59. The van der Waals surface area contributed by atoms with E-state index < -0.39 is 13.0 Å². The lowest BCUT2D eigenvalue weighted by Gasteiger charge is -2.06. The van der Waals surface area contributed by atoms with E-state index in [1.807, 2.05) is 13.0 Å². The lowest BCUT2D eigenvalue weighted by Crippen LogP contribution is -2.12. The first kappa shape index (κ1) is 12.7. The van der Waals surface area contributed by atoms with E-state index in [1.165, 1.54) is 0 Å². The molecule has 0 bridgehead atoms. The van der Waals surface area contributed by atoms with Gasteiger partial charge in [-0.2, -0.15) is 0 Å². The maximum Gasteiger partial charge on any atom is 0.261 e. The van der Waals surface area contributed by atoms with Crippen molar-refractivity contribution < 1.29 is 13.5 Å². The van der Waals surface area contributed by atoms with Gasteiger partial charge < -0.3 is 10.5 Å². The van der Waals surface area contributed by atoms with E-state index >= 15 is 0 Å². The Morgan fingerprint density at radius 3 is 3.00 bits per heavy atom. The topological polar surface area (TPSA) is 66.0 Å². The van der Waals surface area contributed by atoms with Gasteiger partial charge in [-0.15, -0.1) is 0 Å². The van der Waals surface area contributed by atoms with Crippen LogP contribution in [0.3, 0.4) is 0 Å². The molecule has 0 unspecified atom stereocenters. The van der Waals surface area contributed by atoms with Crippen molar-refractivity contribution in [1.82, 2.24) is 14.5 Å². The fraction of sp³-hybridized carbons (Fsp3) is 0.455. The number of aromatic nitrogens is 3. The fourth-order valence-corrected chi connectivity index (χ4v) is 1.68. The molecule has 0 spiro atoms. The molecule has 2 aromatic rings. The van der Waals surface area contributed by atoms with Crippen molar-refractivity contribution in [1.29, 1.82) is 0 Å². The van der Waals surface area contributed by atoms with Gasteiger partial charge in [0.15, 0.2) is 5.65 Å². The van der Waals surface area contributed by atoms with Gasteiger partial charge in [0.25, 0.3) is 6.43 Å². The number of alkyl halides is 2. The highest BCUT2D eigenvalue weighted by Gasteiger charge is 2.09. The normalized spacial score (nSPS) is 11.6. The summed E-state index contributed by atoms with van der Waals surface area (Å²) in [4.78, 5) is 8.39. The summed E-state index contributed by atoms with van der Waals surface area (Å²) in [6.45, 7) is 1.84. The Bertz CT molecular complexity index is 541.